The maximum atomic E-state index is 12.1. The van der Waals surface area contributed by atoms with E-state index in [4.69, 9.17) is 4.74 Å². The molecule has 0 heterocycles. The number of carbonyl (C=O) groups is 1. The lowest BCUT2D eigenvalue weighted by Gasteiger charge is -2.07. The fourth-order valence-electron chi connectivity index (χ4n) is 2.33. The minimum Gasteiger partial charge on any atom is -0.489 e. The Morgan fingerprint density at radius 3 is 2.19 bits per heavy atom. The molecule has 3 aromatic rings. The van der Waals surface area contributed by atoms with E-state index in [1.807, 2.05) is 72.8 Å². The summed E-state index contributed by atoms with van der Waals surface area (Å²) in [6.45, 7) is 0.779. The van der Waals surface area contributed by atoms with E-state index in [0.29, 0.717) is 18.7 Å². The number of hydrogen-bond acceptors (Lipinski definition) is 2. The molecule has 3 rings (SSSR count). The lowest BCUT2D eigenvalue weighted by molar-refractivity contribution is 0.0958. The molecule has 0 radical (unpaired) electrons. The average Bonchev–Trinajstić information content (AvgIpc) is 2.71. The Labute approximate surface area is 153 Å². The number of hydrogen-bond donors (Lipinski definition) is 1. The van der Waals surface area contributed by atoms with E-state index < -0.39 is 0 Å². The molecular formula is C23H19NO2. The average molecular weight is 341 g/mol. The van der Waals surface area contributed by atoms with Crippen molar-refractivity contribution in [2.45, 2.75) is 6.61 Å². The van der Waals surface area contributed by atoms with Crippen LogP contribution in [0, 0.1) is 11.8 Å². The lowest BCUT2D eigenvalue weighted by Crippen LogP contribution is -2.23. The predicted octanol–water partition coefficient (Wildman–Crippen LogP) is 4.05. The van der Waals surface area contributed by atoms with Crippen LogP contribution in [0.2, 0.25) is 0 Å². The highest BCUT2D eigenvalue weighted by atomic mass is 16.5. The second-order valence-corrected chi connectivity index (χ2v) is 5.65. The van der Waals surface area contributed by atoms with Crippen molar-refractivity contribution in [2.75, 3.05) is 6.54 Å². The number of benzene rings is 3. The summed E-state index contributed by atoms with van der Waals surface area (Å²) >= 11 is 0. The molecule has 0 fully saturated rings. The smallest absolute Gasteiger partial charge is 0.252 e. The molecule has 1 N–H and O–H groups in total. The van der Waals surface area contributed by atoms with Gasteiger partial charge in [0.25, 0.3) is 5.91 Å². The highest BCUT2D eigenvalue weighted by Crippen LogP contribution is 2.12. The first kappa shape index (κ1) is 17.3. The van der Waals surface area contributed by atoms with Gasteiger partial charge in [-0.3, -0.25) is 4.79 Å². The molecule has 0 saturated carbocycles. The van der Waals surface area contributed by atoms with Crippen LogP contribution >= 0.6 is 0 Å². The van der Waals surface area contributed by atoms with Crippen molar-refractivity contribution in [2.24, 2.45) is 0 Å². The summed E-state index contributed by atoms with van der Waals surface area (Å²) in [6, 6.07) is 26.7. The van der Waals surface area contributed by atoms with E-state index >= 15 is 0 Å². The largest absolute Gasteiger partial charge is 0.489 e. The van der Waals surface area contributed by atoms with Gasteiger partial charge < -0.3 is 10.1 Å². The highest BCUT2D eigenvalue weighted by molar-refractivity contribution is 5.94. The molecule has 0 saturated heterocycles. The molecule has 3 aromatic carbocycles. The van der Waals surface area contributed by atoms with Crippen LogP contribution in [0.1, 0.15) is 21.5 Å². The van der Waals surface area contributed by atoms with Crippen LogP contribution in [0.4, 0.5) is 0 Å². The topological polar surface area (TPSA) is 38.3 Å². The number of para-hydroxylation sites is 1. The quantitative estimate of drug-likeness (QED) is 0.711. The standard InChI is InChI=1S/C23H19NO2/c25-23(24-17-7-10-19-8-3-1-4-9-19)21-15-13-20(14-16-21)18-26-22-11-5-2-6-12-22/h1-6,8-9,11-16H,17-18H2,(H,24,25). The molecule has 3 nitrogen and oxygen atoms in total. The van der Waals surface area contributed by atoms with Gasteiger partial charge in [-0.15, -0.1) is 0 Å². The number of ether oxygens (including phenoxy) is 1. The summed E-state index contributed by atoms with van der Waals surface area (Å²) in [5, 5.41) is 2.80. The molecule has 0 aliphatic carbocycles. The molecule has 0 atom stereocenters. The minimum absolute atomic E-state index is 0.136. The Bertz CT molecular complexity index is 892. The second kappa shape index (κ2) is 9.10. The summed E-state index contributed by atoms with van der Waals surface area (Å²) in [5.74, 6) is 6.65. The Balaban J connectivity index is 1.48. The summed E-state index contributed by atoms with van der Waals surface area (Å²) in [5.41, 5.74) is 2.55. The summed E-state index contributed by atoms with van der Waals surface area (Å²) in [4.78, 5) is 12.1. The van der Waals surface area contributed by atoms with E-state index in [1.54, 1.807) is 12.1 Å². The van der Waals surface area contributed by atoms with Crippen molar-refractivity contribution in [1.82, 2.24) is 5.32 Å². The van der Waals surface area contributed by atoms with Crippen molar-refractivity contribution in [3.8, 4) is 17.6 Å². The van der Waals surface area contributed by atoms with Crippen LogP contribution in [-0.2, 0) is 6.61 Å². The number of nitrogens with one attached hydrogen (secondary N) is 1. The van der Waals surface area contributed by atoms with Crippen LogP contribution in [0.15, 0.2) is 84.9 Å². The Kier molecular flexibility index (Phi) is 6.06. The zero-order chi connectivity index (χ0) is 18.0. The van der Waals surface area contributed by atoms with Crippen LogP contribution < -0.4 is 10.1 Å². The maximum absolute atomic E-state index is 12.1. The van der Waals surface area contributed by atoms with Crippen molar-refractivity contribution in [3.05, 3.63) is 102 Å². The van der Waals surface area contributed by atoms with E-state index in [2.05, 4.69) is 17.2 Å². The summed E-state index contributed by atoms with van der Waals surface area (Å²) in [6.07, 6.45) is 0. The minimum atomic E-state index is -0.136. The monoisotopic (exact) mass is 341 g/mol. The third-order valence-electron chi connectivity index (χ3n) is 3.71. The predicted molar refractivity (Wildman–Crippen MR) is 103 cm³/mol. The van der Waals surface area contributed by atoms with Gasteiger partial charge in [0, 0.05) is 11.1 Å². The normalized spacial score (nSPS) is 9.69. The third-order valence-corrected chi connectivity index (χ3v) is 3.71. The van der Waals surface area contributed by atoms with Gasteiger partial charge in [0.2, 0.25) is 0 Å². The second-order valence-electron chi connectivity index (χ2n) is 5.65. The van der Waals surface area contributed by atoms with Crippen molar-refractivity contribution < 1.29 is 9.53 Å². The number of rotatable bonds is 5. The fraction of sp³-hybridized carbons (Fsp3) is 0.0870. The fourth-order valence-corrected chi connectivity index (χ4v) is 2.33. The number of amides is 1. The third kappa shape index (κ3) is 5.25. The maximum Gasteiger partial charge on any atom is 0.252 e. The van der Waals surface area contributed by atoms with Gasteiger partial charge in [-0.25, -0.2) is 0 Å². The zero-order valence-electron chi connectivity index (χ0n) is 14.3. The van der Waals surface area contributed by atoms with E-state index in [0.717, 1.165) is 16.9 Å². The van der Waals surface area contributed by atoms with E-state index in [-0.39, 0.29) is 5.91 Å². The van der Waals surface area contributed by atoms with Crippen molar-refractivity contribution in [3.63, 3.8) is 0 Å². The molecule has 0 bridgehead atoms. The SMILES string of the molecule is O=C(NCC#Cc1ccccc1)c1ccc(COc2ccccc2)cc1. The highest BCUT2D eigenvalue weighted by Gasteiger charge is 2.04. The van der Waals surface area contributed by atoms with Crippen LogP contribution in [-0.4, -0.2) is 12.5 Å². The van der Waals surface area contributed by atoms with E-state index in [1.165, 1.54) is 0 Å². The first-order chi connectivity index (χ1) is 12.8. The first-order valence-corrected chi connectivity index (χ1v) is 8.40. The summed E-state index contributed by atoms with van der Waals surface area (Å²) in [7, 11) is 0. The molecule has 0 aliphatic rings. The van der Waals surface area contributed by atoms with Gasteiger partial charge in [-0.2, -0.15) is 0 Å². The Hall–Kier alpha value is -3.51. The molecule has 128 valence electrons. The molecule has 1 amide bonds. The molecule has 0 aromatic heterocycles. The van der Waals surface area contributed by atoms with Gasteiger partial charge in [0.05, 0.1) is 6.54 Å². The Morgan fingerprint density at radius 1 is 0.846 bits per heavy atom. The van der Waals surface area contributed by atoms with Gasteiger partial charge in [0.15, 0.2) is 0 Å². The van der Waals surface area contributed by atoms with Crippen LogP contribution in [0.25, 0.3) is 0 Å². The zero-order valence-corrected chi connectivity index (χ0v) is 14.3. The van der Waals surface area contributed by atoms with Crippen LogP contribution in [0.5, 0.6) is 5.75 Å². The molecule has 0 aliphatic heterocycles. The Morgan fingerprint density at radius 2 is 1.50 bits per heavy atom. The molecule has 0 spiro atoms. The lowest BCUT2D eigenvalue weighted by atomic mass is 10.1. The van der Waals surface area contributed by atoms with Crippen molar-refractivity contribution >= 4 is 5.91 Å². The molecular weight excluding hydrogens is 322 g/mol. The molecule has 26 heavy (non-hydrogen) atoms. The first-order valence-electron chi connectivity index (χ1n) is 8.40. The van der Waals surface area contributed by atoms with Crippen LogP contribution in [0.3, 0.4) is 0 Å². The van der Waals surface area contributed by atoms with Gasteiger partial charge in [0.1, 0.15) is 12.4 Å². The molecule has 0 unspecified atom stereocenters. The summed E-state index contributed by atoms with van der Waals surface area (Å²) < 4.78 is 5.70. The number of carbonyl (C=O) groups excluding carboxylic acids is 1. The van der Waals surface area contributed by atoms with Gasteiger partial charge in [-0.1, -0.05) is 60.4 Å². The molecule has 3 heteroatoms. The van der Waals surface area contributed by atoms with Gasteiger partial charge >= 0.3 is 0 Å². The van der Waals surface area contributed by atoms with Crippen molar-refractivity contribution in [1.29, 1.82) is 0 Å². The van der Waals surface area contributed by atoms with Gasteiger partial charge in [-0.05, 0) is 42.0 Å². The van der Waals surface area contributed by atoms with E-state index in [9.17, 15) is 4.79 Å².